The smallest absolute Gasteiger partial charge is 0.131 e. The van der Waals surface area contributed by atoms with Crippen LogP contribution in [0.15, 0.2) is 35.2 Å². The molecule has 0 amide bonds. The van der Waals surface area contributed by atoms with E-state index in [1.807, 2.05) is 18.5 Å². The second kappa shape index (κ2) is 5.60. The van der Waals surface area contributed by atoms with Gasteiger partial charge in [0.25, 0.3) is 0 Å². The molecule has 0 aromatic carbocycles. The second-order valence-electron chi connectivity index (χ2n) is 6.22. The summed E-state index contributed by atoms with van der Waals surface area (Å²) in [4.78, 5) is 11.6. The number of nitrogens with zero attached hydrogens (tertiary/aromatic N) is 3. The van der Waals surface area contributed by atoms with E-state index in [2.05, 4.69) is 20.9 Å². The van der Waals surface area contributed by atoms with Crippen molar-refractivity contribution in [2.24, 2.45) is 0 Å². The van der Waals surface area contributed by atoms with Crippen molar-refractivity contribution in [2.75, 3.05) is 6.54 Å². The van der Waals surface area contributed by atoms with Crippen LogP contribution in [0.2, 0.25) is 0 Å². The SMILES string of the molecule is c1coc(C2CCCCN2Cc2cnc(C3CC3)nc2)c1. The van der Waals surface area contributed by atoms with E-state index >= 15 is 0 Å². The van der Waals surface area contributed by atoms with E-state index in [4.69, 9.17) is 4.42 Å². The summed E-state index contributed by atoms with van der Waals surface area (Å²) in [5, 5.41) is 0. The number of hydrogen-bond donors (Lipinski definition) is 0. The van der Waals surface area contributed by atoms with Gasteiger partial charge in [0.05, 0.1) is 12.3 Å². The van der Waals surface area contributed by atoms with Gasteiger partial charge >= 0.3 is 0 Å². The van der Waals surface area contributed by atoms with Gasteiger partial charge in [0.2, 0.25) is 0 Å². The molecule has 2 fully saturated rings. The second-order valence-corrected chi connectivity index (χ2v) is 6.22. The molecule has 110 valence electrons. The molecule has 1 aliphatic heterocycles. The van der Waals surface area contributed by atoms with Gasteiger partial charge in [-0.15, -0.1) is 0 Å². The highest BCUT2D eigenvalue weighted by molar-refractivity contribution is 5.12. The maximum absolute atomic E-state index is 5.63. The van der Waals surface area contributed by atoms with Crippen molar-refractivity contribution in [3.63, 3.8) is 0 Å². The quantitative estimate of drug-likeness (QED) is 0.858. The van der Waals surface area contributed by atoms with E-state index in [0.29, 0.717) is 12.0 Å². The Kier molecular flexibility index (Phi) is 3.47. The van der Waals surface area contributed by atoms with E-state index in [-0.39, 0.29) is 0 Å². The minimum Gasteiger partial charge on any atom is -0.468 e. The molecular weight excluding hydrogens is 262 g/mol. The Balaban J connectivity index is 1.48. The Morgan fingerprint density at radius 1 is 1.14 bits per heavy atom. The highest BCUT2D eigenvalue weighted by Crippen LogP contribution is 2.37. The summed E-state index contributed by atoms with van der Waals surface area (Å²) < 4.78 is 5.63. The normalized spacial score (nSPS) is 23.3. The van der Waals surface area contributed by atoms with Crippen LogP contribution in [0.5, 0.6) is 0 Å². The zero-order chi connectivity index (χ0) is 14.1. The number of rotatable bonds is 4. The minimum absolute atomic E-state index is 0.400. The molecule has 0 bridgehead atoms. The first-order valence-electron chi connectivity index (χ1n) is 7.98. The van der Waals surface area contributed by atoms with Gasteiger partial charge < -0.3 is 4.42 Å². The fourth-order valence-electron chi connectivity index (χ4n) is 3.22. The number of piperidine rings is 1. The van der Waals surface area contributed by atoms with Gasteiger partial charge in [0.15, 0.2) is 0 Å². The van der Waals surface area contributed by atoms with Gasteiger partial charge in [0, 0.05) is 30.4 Å². The molecule has 0 spiro atoms. The van der Waals surface area contributed by atoms with Gasteiger partial charge in [-0.25, -0.2) is 9.97 Å². The molecule has 2 aromatic heterocycles. The molecule has 0 N–H and O–H groups in total. The Labute approximate surface area is 125 Å². The van der Waals surface area contributed by atoms with Gasteiger partial charge in [-0.05, 0) is 44.4 Å². The van der Waals surface area contributed by atoms with Crippen molar-refractivity contribution < 1.29 is 4.42 Å². The highest BCUT2D eigenvalue weighted by atomic mass is 16.3. The molecule has 0 radical (unpaired) electrons. The summed E-state index contributed by atoms with van der Waals surface area (Å²) in [5.41, 5.74) is 1.21. The topological polar surface area (TPSA) is 42.2 Å². The van der Waals surface area contributed by atoms with Crippen LogP contribution in [-0.4, -0.2) is 21.4 Å². The standard InChI is InChI=1S/C17H21N3O/c1-2-8-20(15(4-1)16-5-3-9-21-16)12-13-10-18-17(19-11-13)14-6-7-14/h3,5,9-11,14-15H,1-2,4,6-8,12H2. The van der Waals surface area contributed by atoms with Gasteiger partial charge in [-0.2, -0.15) is 0 Å². The maximum atomic E-state index is 5.63. The van der Waals surface area contributed by atoms with Gasteiger partial charge in [-0.3, -0.25) is 4.90 Å². The molecule has 4 heteroatoms. The van der Waals surface area contributed by atoms with E-state index in [9.17, 15) is 0 Å². The average Bonchev–Trinajstić information content (AvgIpc) is 3.23. The molecule has 1 atom stereocenters. The maximum Gasteiger partial charge on any atom is 0.131 e. The van der Waals surface area contributed by atoms with E-state index in [1.54, 1.807) is 6.26 Å². The number of aromatic nitrogens is 2. The summed E-state index contributed by atoms with van der Waals surface area (Å²) in [7, 11) is 0. The molecule has 2 aliphatic rings. The predicted molar refractivity (Wildman–Crippen MR) is 79.7 cm³/mol. The lowest BCUT2D eigenvalue weighted by atomic mass is 9.99. The van der Waals surface area contributed by atoms with E-state index < -0.39 is 0 Å². The van der Waals surface area contributed by atoms with E-state index in [0.717, 1.165) is 24.7 Å². The number of furan rings is 1. The molecule has 3 heterocycles. The van der Waals surface area contributed by atoms with Crippen molar-refractivity contribution in [2.45, 2.75) is 50.6 Å². The molecule has 1 aliphatic carbocycles. The molecule has 2 aromatic rings. The lowest BCUT2D eigenvalue weighted by molar-refractivity contribution is 0.122. The van der Waals surface area contributed by atoms with Crippen LogP contribution < -0.4 is 0 Å². The van der Waals surface area contributed by atoms with Gasteiger partial charge in [-0.1, -0.05) is 6.42 Å². The first-order valence-corrected chi connectivity index (χ1v) is 7.98. The minimum atomic E-state index is 0.400. The Bertz CT molecular complexity index is 575. The van der Waals surface area contributed by atoms with Crippen LogP contribution in [0, 0.1) is 0 Å². The van der Waals surface area contributed by atoms with E-state index in [1.165, 1.54) is 37.7 Å². The van der Waals surface area contributed by atoms with Crippen molar-refractivity contribution in [3.8, 4) is 0 Å². The molecule has 4 rings (SSSR count). The molecule has 1 saturated carbocycles. The first-order chi connectivity index (χ1) is 10.4. The van der Waals surface area contributed by atoms with Crippen molar-refractivity contribution in [1.82, 2.24) is 14.9 Å². The monoisotopic (exact) mass is 283 g/mol. The van der Waals surface area contributed by atoms with Crippen molar-refractivity contribution in [3.05, 3.63) is 47.9 Å². The summed E-state index contributed by atoms with van der Waals surface area (Å²) in [6.07, 6.45) is 12.0. The first kappa shape index (κ1) is 13.0. The third kappa shape index (κ3) is 2.86. The Morgan fingerprint density at radius 2 is 2.00 bits per heavy atom. The third-order valence-corrected chi connectivity index (χ3v) is 4.54. The molecule has 1 unspecified atom stereocenters. The molecule has 1 saturated heterocycles. The van der Waals surface area contributed by atoms with Crippen LogP contribution in [0.1, 0.15) is 61.2 Å². The summed E-state index contributed by atoms with van der Waals surface area (Å²) >= 11 is 0. The lowest BCUT2D eigenvalue weighted by Crippen LogP contribution is -2.32. The van der Waals surface area contributed by atoms with Crippen LogP contribution in [-0.2, 0) is 6.54 Å². The van der Waals surface area contributed by atoms with Crippen LogP contribution in [0.4, 0.5) is 0 Å². The average molecular weight is 283 g/mol. The summed E-state index contributed by atoms with van der Waals surface area (Å²) in [5.74, 6) is 2.75. The number of hydrogen-bond acceptors (Lipinski definition) is 4. The Morgan fingerprint density at radius 3 is 2.71 bits per heavy atom. The van der Waals surface area contributed by atoms with Crippen molar-refractivity contribution >= 4 is 0 Å². The molecular formula is C17H21N3O. The molecule has 4 nitrogen and oxygen atoms in total. The van der Waals surface area contributed by atoms with Crippen LogP contribution in [0.25, 0.3) is 0 Å². The lowest BCUT2D eigenvalue weighted by Gasteiger charge is -2.34. The zero-order valence-electron chi connectivity index (χ0n) is 12.2. The van der Waals surface area contributed by atoms with Gasteiger partial charge in [0.1, 0.15) is 11.6 Å². The predicted octanol–water partition coefficient (Wildman–Crippen LogP) is 3.67. The fraction of sp³-hybridized carbons (Fsp3) is 0.529. The fourth-order valence-corrected chi connectivity index (χ4v) is 3.22. The van der Waals surface area contributed by atoms with Crippen LogP contribution >= 0.6 is 0 Å². The highest BCUT2D eigenvalue weighted by Gasteiger charge is 2.28. The molecule has 21 heavy (non-hydrogen) atoms. The largest absolute Gasteiger partial charge is 0.468 e. The third-order valence-electron chi connectivity index (χ3n) is 4.54. The van der Waals surface area contributed by atoms with Crippen molar-refractivity contribution in [1.29, 1.82) is 0 Å². The Hall–Kier alpha value is -1.68. The summed E-state index contributed by atoms with van der Waals surface area (Å²) in [6, 6.07) is 4.47. The number of likely N-dealkylation sites (tertiary alicyclic amines) is 1. The zero-order valence-corrected chi connectivity index (χ0v) is 12.2. The van der Waals surface area contributed by atoms with Crippen LogP contribution in [0.3, 0.4) is 0 Å². The summed E-state index contributed by atoms with van der Waals surface area (Å²) in [6.45, 7) is 2.03.